The molecule has 1 heterocycles. The van der Waals surface area contributed by atoms with E-state index >= 15 is 0 Å². The van der Waals surface area contributed by atoms with Crippen molar-refractivity contribution in [3.05, 3.63) is 71.5 Å². The van der Waals surface area contributed by atoms with Gasteiger partial charge in [-0.05, 0) is 49.2 Å². The summed E-state index contributed by atoms with van der Waals surface area (Å²) >= 11 is 0. The number of aryl methyl sites for hydroxylation is 1. The second-order valence-electron chi connectivity index (χ2n) is 5.82. The van der Waals surface area contributed by atoms with E-state index < -0.39 is 0 Å². The normalized spacial score (nSPS) is 10.3. The quantitative estimate of drug-likeness (QED) is 0.726. The molecule has 0 spiro atoms. The summed E-state index contributed by atoms with van der Waals surface area (Å²) in [5, 5.41) is 5.98. The molecule has 0 atom stereocenters. The van der Waals surface area contributed by atoms with Crippen LogP contribution >= 0.6 is 0 Å². The first-order valence-electron chi connectivity index (χ1n) is 8.18. The van der Waals surface area contributed by atoms with Crippen molar-refractivity contribution in [1.29, 1.82) is 0 Å². The van der Waals surface area contributed by atoms with Crippen molar-refractivity contribution in [1.82, 2.24) is 9.97 Å². The van der Waals surface area contributed by atoms with E-state index in [2.05, 4.69) is 20.6 Å². The van der Waals surface area contributed by atoms with Crippen LogP contribution in [0.25, 0.3) is 0 Å². The van der Waals surface area contributed by atoms with Crippen molar-refractivity contribution in [2.24, 2.45) is 0 Å². The van der Waals surface area contributed by atoms with Crippen LogP contribution < -0.4 is 15.4 Å². The highest BCUT2D eigenvalue weighted by Crippen LogP contribution is 2.20. The van der Waals surface area contributed by atoms with Crippen molar-refractivity contribution in [2.45, 2.75) is 13.8 Å². The average molecular weight is 348 g/mol. The Balaban J connectivity index is 1.78. The summed E-state index contributed by atoms with van der Waals surface area (Å²) in [6.45, 7) is 3.98. The Labute approximate surface area is 152 Å². The number of aromatic nitrogens is 2. The van der Waals surface area contributed by atoms with E-state index in [1.54, 1.807) is 19.4 Å². The lowest BCUT2D eigenvalue weighted by Gasteiger charge is -2.11. The van der Waals surface area contributed by atoms with E-state index in [4.69, 9.17) is 4.74 Å². The van der Waals surface area contributed by atoms with Crippen LogP contribution in [-0.2, 0) is 0 Å². The minimum absolute atomic E-state index is 0.283. The minimum atomic E-state index is -0.283. The number of anilines is 3. The molecule has 0 aliphatic rings. The van der Waals surface area contributed by atoms with Gasteiger partial charge in [0, 0.05) is 23.6 Å². The molecule has 2 aromatic carbocycles. The smallest absolute Gasteiger partial charge is 0.274 e. The molecule has 0 aliphatic carbocycles. The molecule has 0 radical (unpaired) electrons. The molecule has 26 heavy (non-hydrogen) atoms. The van der Waals surface area contributed by atoms with Gasteiger partial charge in [-0.15, -0.1) is 0 Å². The summed E-state index contributed by atoms with van der Waals surface area (Å²) in [7, 11) is 1.61. The number of methoxy groups -OCH3 is 1. The largest absolute Gasteiger partial charge is 0.497 e. The first kappa shape index (κ1) is 17.4. The molecule has 0 saturated heterocycles. The molecule has 0 saturated carbocycles. The van der Waals surface area contributed by atoms with Gasteiger partial charge in [-0.1, -0.05) is 18.2 Å². The number of carbonyl (C=O) groups is 1. The summed E-state index contributed by atoms with van der Waals surface area (Å²) < 4.78 is 5.20. The molecule has 1 amide bonds. The predicted octanol–water partition coefficient (Wildman–Crippen LogP) is 4.10. The Morgan fingerprint density at radius 2 is 1.88 bits per heavy atom. The zero-order valence-electron chi connectivity index (χ0n) is 14.9. The van der Waals surface area contributed by atoms with Crippen molar-refractivity contribution in [2.75, 3.05) is 17.7 Å². The summed E-state index contributed by atoms with van der Waals surface area (Å²) in [5.41, 5.74) is 3.98. The van der Waals surface area contributed by atoms with Crippen LogP contribution in [0, 0.1) is 13.8 Å². The SMILES string of the molecule is COc1cccc(Nc2nccc(C(=O)Nc3cccc(C)c3C)n2)c1. The average Bonchev–Trinajstić information content (AvgIpc) is 2.66. The van der Waals surface area contributed by atoms with Gasteiger partial charge in [0.25, 0.3) is 5.91 Å². The van der Waals surface area contributed by atoms with Gasteiger partial charge >= 0.3 is 0 Å². The fourth-order valence-corrected chi connectivity index (χ4v) is 2.45. The number of amides is 1. The van der Waals surface area contributed by atoms with Crippen LogP contribution in [0.5, 0.6) is 5.75 Å². The highest BCUT2D eigenvalue weighted by atomic mass is 16.5. The van der Waals surface area contributed by atoms with E-state index in [1.165, 1.54) is 0 Å². The molecule has 2 N–H and O–H groups in total. The fraction of sp³-hybridized carbons (Fsp3) is 0.150. The number of hydrogen-bond acceptors (Lipinski definition) is 5. The van der Waals surface area contributed by atoms with Gasteiger partial charge in [0.15, 0.2) is 0 Å². The van der Waals surface area contributed by atoms with Gasteiger partial charge < -0.3 is 15.4 Å². The number of nitrogens with one attached hydrogen (secondary N) is 2. The highest BCUT2D eigenvalue weighted by Gasteiger charge is 2.11. The summed E-state index contributed by atoms with van der Waals surface area (Å²) in [5.74, 6) is 0.778. The standard InChI is InChI=1S/C20H20N4O2/c1-13-6-4-9-17(14(13)2)23-19(25)18-10-11-21-20(24-18)22-15-7-5-8-16(12-15)26-3/h4-12H,1-3H3,(H,23,25)(H,21,22,24). The lowest BCUT2D eigenvalue weighted by atomic mass is 10.1. The molecular formula is C20H20N4O2. The Kier molecular flexibility index (Phi) is 5.12. The maximum atomic E-state index is 12.5. The van der Waals surface area contributed by atoms with Crippen LogP contribution in [0.2, 0.25) is 0 Å². The molecule has 1 aromatic heterocycles. The van der Waals surface area contributed by atoms with Gasteiger partial charge in [0.05, 0.1) is 7.11 Å². The number of nitrogens with zero attached hydrogens (tertiary/aromatic N) is 2. The molecule has 0 bridgehead atoms. The second-order valence-corrected chi connectivity index (χ2v) is 5.82. The zero-order chi connectivity index (χ0) is 18.5. The Hall–Kier alpha value is -3.41. The molecule has 0 fully saturated rings. The van der Waals surface area contributed by atoms with Crippen molar-refractivity contribution >= 4 is 23.2 Å². The summed E-state index contributed by atoms with van der Waals surface area (Å²) in [6, 6.07) is 14.8. The number of hydrogen-bond donors (Lipinski definition) is 2. The third-order valence-corrected chi connectivity index (χ3v) is 4.07. The first-order chi connectivity index (χ1) is 12.6. The molecule has 6 heteroatoms. The molecule has 0 unspecified atom stereocenters. The lowest BCUT2D eigenvalue weighted by Crippen LogP contribution is -2.15. The van der Waals surface area contributed by atoms with Crippen LogP contribution in [0.3, 0.4) is 0 Å². The Bertz CT molecular complexity index is 941. The summed E-state index contributed by atoms with van der Waals surface area (Å²) in [4.78, 5) is 21.0. The van der Waals surface area contributed by atoms with Crippen molar-refractivity contribution in [3.63, 3.8) is 0 Å². The predicted molar refractivity (Wildman–Crippen MR) is 102 cm³/mol. The molecule has 132 valence electrons. The van der Waals surface area contributed by atoms with Gasteiger partial charge in [-0.25, -0.2) is 9.97 Å². The maximum absolute atomic E-state index is 12.5. The number of ether oxygens (including phenoxy) is 1. The van der Waals surface area contributed by atoms with E-state index in [1.807, 2.05) is 56.3 Å². The van der Waals surface area contributed by atoms with Crippen LogP contribution in [0.15, 0.2) is 54.7 Å². The topological polar surface area (TPSA) is 76.1 Å². The van der Waals surface area contributed by atoms with Gasteiger partial charge in [0.2, 0.25) is 5.95 Å². The number of rotatable bonds is 5. The fourth-order valence-electron chi connectivity index (χ4n) is 2.45. The third kappa shape index (κ3) is 3.97. The highest BCUT2D eigenvalue weighted by molar-refractivity contribution is 6.03. The third-order valence-electron chi connectivity index (χ3n) is 4.07. The van der Waals surface area contributed by atoms with Gasteiger partial charge in [0.1, 0.15) is 11.4 Å². The Morgan fingerprint density at radius 1 is 1.08 bits per heavy atom. The first-order valence-corrected chi connectivity index (χ1v) is 8.18. The van der Waals surface area contributed by atoms with E-state index in [-0.39, 0.29) is 11.6 Å². The van der Waals surface area contributed by atoms with Crippen LogP contribution in [-0.4, -0.2) is 23.0 Å². The monoisotopic (exact) mass is 348 g/mol. The van der Waals surface area contributed by atoms with Crippen LogP contribution in [0.1, 0.15) is 21.6 Å². The van der Waals surface area contributed by atoms with Crippen molar-refractivity contribution < 1.29 is 9.53 Å². The maximum Gasteiger partial charge on any atom is 0.274 e. The van der Waals surface area contributed by atoms with Gasteiger partial charge in [-0.3, -0.25) is 4.79 Å². The molecule has 6 nitrogen and oxygen atoms in total. The molecule has 3 rings (SSSR count). The van der Waals surface area contributed by atoms with Gasteiger partial charge in [-0.2, -0.15) is 0 Å². The van der Waals surface area contributed by atoms with E-state index in [0.29, 0.717) is 5.95 Å². The number of carbonyl (C=O) groups excluding carboxylic acids is 1. The number of benzene rings is 2. The molecule has 0 aliphatic heterocycles. The van der Waals surface area contributed by atoms with E-state index in [0.717, 1.165) is 28.3 Å². The zero-order valence-corrected chi connectivity index (χ0v) is 14.9. The second kappa shape index (κ2) is 7.65. The Morgan fingerprint density at radius 3 is 2.69 bits per heavy atom. The minimum Gasteiger partial charge on any atom is -0.497 e. The van der Waals surface area contributed by atoms with E-state index in [9.17, 15) is 4.79 Å². The van der Waals surface area contributed by atoms with Crippen molar-refractivity contribution in [3.8, 4) is 5.75 Å². The molecule has 3 aromatic rings. The summed E-state index contributed by atoms with van der Waals surface area (Å²) in [6.07, 6.45) is 1.55. The molecular weight excluding hydrogens is 328 g/mol. The lowest BCUT2D eigenvalue weighted by molar-refractivity contribution is 0.102. The van der Waals surface area contributed by atoms with Crippen LogP contribution in [0.4, 0.5) is 17.3 Å².